The number of nitrogens with zero attached hydrogens (tertiary/aromatic N) is 1. The number of amides is 4. The van der Waals surface area contributed by atoms with Crippen LogP contribution in [0, 0.1) is 5.92 Å². The van der Waals surface area contributed by atoms with Gasteiger partial charge in [0.1, 0.15) is 12.3 Å². The summed E-state index contributed by atoms with van der Waals surface area (Å²) in [6, 6.07) is 13.8. The van der Waals surface area contributed by atoms with Gasteiger partial charge in [0.25, 0.3) is 0 Å². The molecule has 8 heteroatoms. The Morgan fingerprint density at radius 1 is 1.26 bits per heavy atom. The maximum Gasteiger partial charge on any atom is 0.325 e. The second-order valence-corrected chi connectivity index (χ2v) is 7.84. The first kappa shape index (κ1) is 22.6. The molecule has 2 N–H and O–H groups in total. The van der Waals surface area contributed by atoms with Crippen LogP contribution in [0.3, 0.4) is 0 Å². The van der Waals surface area contributed by atoms with Gasteiger partial charge in [-0.25, -0.2) is 4.79 Å². The van der Waals surface area contributed by atoms with Gasteiger partial charge in [0.15, 0.2) is 0 Å². The number of rotatable bonds is 6. The molecule has 1 aliphatic rings. The number of halogens is 1. The van der Waals surface area contributed by atoms with Crippen LogP contribution in [0.5, 0.6) is 5.75 Å². The van der Waals surface area contributed by atoms with Crippen LogP contribution in [0.4, 0.5) is 4.79 Å². The molecule has 0 radical (unpaired) electrons. The number of carbonyl (C=O) groups excluding carboxylic acids is 3. The third kappa shape index (κ3) is 5.55. The van der Waals surface area contributed by atoms with Crippen molar-refractivity contribution in [3.63, 3.8) is 0 Å². The van der Waals surface area contributed by atoms with Gasteiger partial charge in [-0.1, -0.05) is 48.9 Å². The van der Waals surface area contributed by atoms with Gasteiger partial charge < -0.3 is 15.4 Å². The van der Waals surface area contributed by atoms with Crippen molar-refractivity contribution >= 4 is 29.4 Å². The third-order valence-corrected chi connectivity index (χ3v) is 5.56. The quantitative estimate of drug-likeness (QED) is 0.716. The van der Waals surface area contributed by atoms with Crippen LogP contribution < -0.4 is 15.4 Å². The molecule has 2 aromatic carbocycles. The number of ether oxygens (including phenoxy) is 1. The molecule has 2 unspecified atom stereocenters. The van der Waals surface area contributed by atoms with Gasteiger partial charge in [0.2, 0.25) is 11.8 Å². The molecule has 0 saturated carbocycles. The first-order chi connectivity index (χ1) is 14.9. The second-order valence-electron chi connectivity index (χ2n) is 7.41. The number of urea groups is 1. The van der Waals surface area contributed by atoms with Gasteiger partial charge in [0.05, 0.1) is 19.1 Å². The number of nitrogens with one attached hydrogen (secondary N) is 2. The molecule has 4 amide bonds. The summed E-state index contributed by atoms with van der Waals surface area (Å²) in [6.45, 7) is 1.76. The predicted molar refractivity (Wildman–Crippen MR) is 118 cm³/mol. The predicted octanol–water partition coefficient (Wildman–Crippen LogP) is 3.33. The lowest BCUT2D eigenvalue weighted by Crippen LogP contribution is -2.48. The molecule has 2 atom stereocenters. The highest BCUT2D eigenvalue weighted by molar-refractivity contribution is 6.30. The molecule has 0 aliphatic carbocycles. The van der Waals surface area contributed by atoms with Crippen molar-refractivity contribution in [2.45, 2.75) is 25.8 Å². The van der Waals surface area contributed by atoms with Crippen LogP contribution in [-0.2, 0) is 16.0 Å². The van der Waals surface area contributed by atoms with E-state index in [1.54, 1.807) is 18.2 Å². The van der Waals surface area contributed by atoms with E-state index in [2.05, 4.69) is 10.6 Å². The number of methoxy groups -OCH3 is 1. The first-order valence-electron chi connectivity index (χ1n) is 10.2. The van der Waals surface area contributed by atoms with Crippen molar-refractivity contribution < 1.29 is 19.1 Å². The van der Waals surface area contributed by atoms with E-state index in [0.717, 1.165) is 16.0 Å². The molecular formula is C23H26ClN3O4. The van der Waals surface area contributed by atoms with Gasteiger partial charge >= 0.3 is 6.03 Å². The molecular weight excluding hydrogens is 418 g/mol. The molecule has 7 nitrogen and oxygen atoms in total. The highest BCUT2D eigenvalue weighted by atomic mass is 35.5. The fourth-order valence-electron chi connectivity index (χ4n) is 3.66. The van der Waals surface area contributed by atoms with Crippen molar-refractivity contribution in [2.75, 3.05) is 20.2 Å². The fraction of sp³-hybridized carbons (Fsp3) is 0.348. The highest BCUT2D eigenvalue weighted by Crippen LogP contribution is 2.26. The maximum absolute atomic E-state index is 13.2. The van der Waals surface area contributed by atoms with E-state index >= 15 is 0 Å². The molecule has 1 aliphatic heterocycles. The summed E-state index contributed by atoms with van der Waals surface area (Å²) in [5.41, 5.74) is 1.67. The molecule has 1 saturated heterocycles. The lowest BCUT2D eigenvalue weighted by atomic mass is 9.97. The Kier molecular flexibility index (Phi) is 7.52. The van der Waals surface area contributed by atoms with E-state index in [4.69, 9.17) is 16.3 Å². The third-order valence-electron chi connectivity index (χ3n) is 5.32. The zero-order valence-corrected chi connectivity index (χ0v) is 18.3. The normalized spacial score (nSPS) is 17.5. The molecule has 3 rings (SSSR count). The van der Waals surface area contributed by atoms with Crippen LogP contribution in [0.15, 0.2) is 48.5 Å². The average Bonchev–Trinajstić information content (AvgIpc) is 2.91. The molecule has 31 heavy (non-hydrogen) atoms. The van der Waals surface area contributed by atoms with Gasteiger partial charge in [-0.15, -0.1) is 0 Å². The van der Waals surface area contributed by atoms with Gasteiger partial charge in [0, 0.05) is 11.6 Å². The van der Waals surface area contributed by atoms with Crippen molar-refractivity contribution in [3.05, 3.63) is 64.7 Å². The molecule has 0 spiro atoms. The van der Waals surface area contributed by atoms with Crippen molar-refractivity contribution in [1.82, 2.24) is 15.5 Å². The first-order valence-corrected chi connectivity index (χ1v) is 10.6. The van der Waals surface area contributed by atoms with Crippen molar-refractivity contribution in [2.24, 2.45) is 5.92 Å². The maximum atomic E-state index is 13.2. The Balaban J connectivity index is 1.80. The van der Waals surface area contributed by atoms with E-state index in [1.807, 2.05) is 37.3 Å². The molecule has 2 aromatic rings. The van der Waals surface area contributed by atoms with E-state index < -0.39 is 17.9 Å². The standard InChI is InChI=1S/C23H26ClN3O4/c1-3-19(15-7-5-4-6-8-15)26-23(30)27-14-21(28)25-13-17(22(27)29)11-16-12-18(24)9-10-20(16)31-2/h4-10,12,17,19H,3,11,13-14H2,1-2H3,(H,25,28)(H,26,30). The molecule has 1 heterocycles. The smallest absolute Gasteiger partial charge is 0.325 e. The summed E-state index contributed by atoms with van der Waals surface area (Å²) >= 11 is 6.11. The number of imide groups is 1. The minimum atomic E-state index is -0.624. The zero-order valence-electron chi connectivity index (χ0n) is 17.6. The van der Waals surface area contributed by atoms with Crippen LogP contribution >= 0.6 is 11.6 Å². The van der Waals surface area contributed by atoms with Crippen molar-refractivity contribution in [3.8, 4) is 5.75 Å². The Hall–Kier alpha value is -3.06. The lowest BCUT2D eigenvalue weighted by Gasteiger charge is -2.25. The van der Waals surface area contributed by atoms with Gasteiger partial charge in [-0.05, 0) is 42.2 Å². The van der Waals surface area contributed by atoms with Crippen LogP contribution in [0.1, 0.15) is 30.5 Å². The second kappa shape index (κ2) is 10.3. The summed E-state index contributed by atoms with van der Waals surface area (Å²) in [7, 11) is 1.54. The largest absolute Gasteiger partial charge is 0.496 e. The molecule has 1 fully saturated rings. The van der Waals surface area contributed by atoms with E-state index in [0.29, 0.717) is 17.2 Å². The van der Waals surface area contributed by atoms with Crippen molar-refractivity contribution in [1.29, 1.82) is 0 Å². The Bertz CT molecular complexity index is 951. The SMILES string of the molecule is CCC(NC(=O)N1CC(=O)NCC(Cc2cc(Cl)ccc2OC)C1=O)c1ccccc1. The Morgan fingerprint density at radius 3 is 2.68 bits per heavy atom. The highest BCUT2D eigenvalue weighted by Gasteiger charge is 2.35. The van der Waals surface area contributed by atoms with E-state index in [1.165, 1.54) is 7.11 Å². The topological polar surface area (TPSA) is 87.7 Å². The summed E-state index contributed by atoms with van der Waals surface area (Å²) in [4.78, 5) is 39.4. The van der Waals surface area contributed by atoms with E-state index in [-0.39, 0.29) is 31.5 Å². The summed E-state index contributed by atoms with van der Waals surface area (Å²) in [5.74, 6) is -0.821. The van der Waals surface area contributed by atoms with E-state index in [9.17, 15) is 14.4 Å². The number of hydrogen-bond donors (Lipinski definition) is 2. The van der Waals surface area contributed by atoms with Crippen LogP contribution in [0.2, 0.25) is 5.02 Å². The fourth-order valence-corrected chi connectivity index (χ4v) is 3.85. The average molecular weight is 444 g/mol. The molecule has 164 valence electrons. The minimum absolute atomic E-state index is 0.132. The number of hydrogen-bond acceptors (Lipinski definition) is 4. The van der Waals surface area contributed by atoms with Gasteiger partial charge in [-0.2, -0.15) is 0 Å². The van der Waals surface area contributed by atoms with Crippen LogP contribution in [0.25, 0.3) is 0 Å². The summed E-state index contributed by atoms with van der Waals surface area (Å²) < 4.78 is 5.37. The molecule has 0 aromatic heterocycles. The number of benzene rings is 2. The van der Waals surface area contributed by atoms with Gasteiger partial charge in [-0.3, -0.25) is 14.5 Å². The monoisotopic (exact) mass is 443 g/mol. The summed E-state index contributed by atoms with van der Waals surface area (Å²) in [5, 5.41) is 6.13. The summed E-state index contributed by atoms with van der Waals surface area (Å²) in [6.07, 6.45) is 0.926. The Labute approximate surface area is 186 Å². The lowest BCUT2D eigenvalue weighted by molar-refractivity contribution is -0.133. The minimum Gasteiger partial charge on any atom is -0.496 e. The number of carbonyl (C=O) groups is 3. The molecule has 0 bridgehead atoms. The zero-order chi connectivity index (χ0) is 22.4. The van der Waals surface area contributed by atoms with Crippen LogP contribution in [-0.4, -0.2) is 42.9 Å². The Morgan fingerprint density at radius 2 is 2.00 bits per heavy atom.